The summed E-state index contributed by atoms with van der Waals surface area (Å²) < 4.78 is 0. The van der Waals surface area contributed by atoms with Crippen molar-refractivity contribution in [2.75, 3.05) is 19.8 Å². The number of carbonyl (C=O) groups is 2. The van der Waals surface area contributed by atoms with Crippen LogP contribution in [0.2, 0.25) is 0 Å². The second-order valence-electron chi connectivity index (χ2n) is 6.66. The van der Waals surface area contributed by atoms with E-state index in [1.807, 2.05) is 6.92 Å². The summed E-state index contributed by atoms with van der Waals surface area (Å²) in [5.41, 5.74) is 1.40. The first-order chi connectivity index (χ1) is 10.6. The molecular formula is C18H24N2O2. The molecule has 4 nitrogen and oxygen atoms in total. The van der Waals surface area contributed by atoms with Gasteiger partial charge in [0.1, 0.15) is 0 Å². The zero-order chi connectivity index (χ0) is 15.5. The van der Waals surface area contributed by atoms with Gasteiger partial charge in [-0.1, -0.05) is 37.3 Å². The molecule has 0 bridgehead atoms. The van der Waals surface area contributed by atoms with Crippen molar-refractivity contribution in [3.05, 3.63) is 35.9 Å². The van der Waals surface area contributed by atoms with Gasteiger partial charge < -0.3 is 0 Å². The molecule has 0 spiro atoms. The first kappa shape index (κ1) is 15.2. The fraction of sp³-hybridized carbons (Fsp3) is 0.556. The lowest BCUT2D eigenvalue weighted by molar-refractivity contribution is -0.142. The predicted molar refractivity (Wildman–Crippen MR) is 84.9 cm³/mol. The molecule has 2 aliphatic rings. The normalized spacial score (nSPS) is 24.2. The summed E-state index contributed by atoms with van der Waals surface area (Å²) in [7, 11) is 0. The fourth-order valence-electron chi connectivity index (χ4n) is 3.48. The van der Waals surface area contributed by atoms with Crippen LogP contribution in [-0.2, 0) is 16.0 Å². The van der Waals surface area contributed by atoms with Gasteiger partial charge in [0.05, 0.1) is 6.67 Å². The maximum absolute atomic E-state index is 12.0. The van der Waals surface area contributed by atoms with E-state index in [-0.39, 0.29) is 17.7 Å². The molecule has 2 fully saturated rings. The highest BCUT2D eigenvalue weighted by Gasteiger charge is 2.36. The molecule has 2 amide bonds. The number of hydrogen-bond acceptors (Lipinski definition) is 3. The predicted octanol–water partition coefficient (Wildman–Crippen LogP) is 2.29. The largest absolute Gasteiger partial charge is 0.286 e. The van der Waals surface area contributed by atoms with Crippen LogP contribution in [0.3, 0.4) is 0 Å². The van der Waals surface area contributed by atoms with Crippen molar-refractivity contribution >= 4 is 11.8 Å². The van der Waals surface area contributed by atoms with E-state index in [4.69, 9.17) is 0 Å². The van der Waals surface area contributed by atoms with E-state index >= 15 is 0 Å². The molecule has 0 saturated carbocycles. The average molecular weight is 300 g/mol. The topological polar surface area (TPSA) is 40.6 Å². The molecule has 1 unspecified atom stereocenters. The third-order valence-corrected chi connectivity index (χ3v) is 4.89. The van der Waals surface area contributed by atoms with E-state index in [1.54, 1.807) is 0 Å². The lowest BCUT2D eigenvalue weighted by Crippen LogP contribution is -2.45. The van der Waals surface area contributed by atoms with Crippen LogP contribution in [-0.4, -0.2) is 41.4 Å². The van der Waals surface area contributed by atoms with Gasteiger partial charge in [-0.25, -0.2) is 0 Å². The first-order valence-corrected chi connectivity index (χ1v) is 8.24. The number of rotatable bonds is 4. The molecule has 118 valence electrons. The highest BCUT2D eigenvalue weighted by Crippen LogP contribution is 2.24. The van der Waals surface area contributed by atoms with Gasteiger partial charge in [-0.15, -0.1) is 0 Å². The molecule has 0 aromatic heterocycles. The van der Waals surface area contributed by atoms with Crippen LogP contribution in [0.4, 0.5) is 0 Å². The Kier molecular flexibility index (Phi) is 4.57. The van der Waals surface area contributed by atoms with Crippen LogP contribution in [0, 0.1) is 11.8 Å². The Hall–Kier alpha value is -1.68. The Morgan fingerprint density at radius 3 is 2.36 bits per heavy atom. The van der Waals surface area contributed by atoms with Crippen LogP contribution in [0.1, 0.15) is 31.7 Å². The van der Waals surface area contributed by atoms with Crippen molar-refractivity contribution in [3.63, 3.8) is 0 Å². The smallest absolute Gasteiger partial charge is 0.233 e. The monoisotopic (exact) mass is 300 g/mol. The minimum Gasteiger partial charge on any atom is -0.286 e. The Labute approximate surface area is 132 Å². The zero-order valence-electron chi connectivity index (χ0n) is 13.2. The lowest BCUT2D eigenvalue weighted by atomic mass is 9.90. The van der Waals surface area contributed by atoms with Crippen molar-refractivity contribution in [1.29, 1.82) is 0 Å². The number of hydrogen-bond donors (Lipinski definition) is 0. The SMILES string of the molecule is CC1CC(=O)N(CN2CCC(Cc3ccccc3)CC2)C1=O. The number of imide groups is 1. The summed E-state index contributed by atoms with van der Waals surface area (Å²) in [6.45, 7) is 4.28. The average Bonchev–Trinajstić information content (AvgIpc) is 2.77. The van der Waals surface area contributed by atoms with Gasteiger partial charge in [0, 0.05) is 25.4 Å². The van der Waals surface area contributed by atoms with Gasteiger partial charge in [0.2, 0.25) is 11.8 Å². The van der Waals surface area contributed by atoms with Crippen LogP contribution in [0.25, 0.3) is 0 Å². The van der Waals surface area contributed by atoms with E-state index in [0.29, 0.717) is 19.0 Å². The van der Waals surface area contributed by atoms with Crippen LogP contribution in [0.15, 0.2) is 30.3 Å². The van der Waals surface area contributed by atoms with E-state index in [0.717, 1.165) is 32.4 Å². The van der Waals surface area contributed by atoms with Gasteiger partial charge in [-0.2, -0.15) is 0 Å². The summed E-state index contributed by atoms with van der Waals surface area (Å²) in [6, 6.07) is 10.6. The second kappa shape index (κ2) is 6.61. The summed E-state index contributed by atoms with van der Waals surface area (Å²) in [6.07, 6.45) is 3.79. The van der Waals surface area contributed by atoms with Crippen molar-refractivity contribution in [1.82, 2.24) is 9.80 Å². The first-order valence-electron chi connectivity index (χ1n) is 8.24. The third kappa shape index (κ3) is 3.38. The minimum absolute atomic E-state index is 0.00332. The number of carbonyl (C=O) groups excluding carboxylic acids is 2. The maximum Gasteiger partial charge on any atom is 0.233 e. The molecule has 2 saturated heterocycles. The number of nitrogens with zero attached hydrogens (tertiary/aromatic N) is 2. The molecule has 4 heteroatoms. The minimum atomic E-state index is -0.136. The summed E-state index contributed by atoms with van der Waals surface area (Å²) in [5.74, 6) is 0.561. The number of benzene rings is 1. The Morgan fingerprint density at radius 2 is 1.77 bits per heavy atom. The van der Waals surface area contributed by atoms with Gasteiger partial charge in [-0.05, 0) is 30.7 Å². The third-order valence-electron chi connectivity index (χ3n) is 4.89. The highest BCUT2D eigenvalue weighted by atomic mass is 16.2. The maximum atomic E-state index is 12.0. The second-order valence-corrected chi connectivity index (χ2v) is 6.66. The summed E-state index contributed by atoms with van der Waals surface area (Å²) >= 11 is 0. The molecular weight excluding hydrogens is 276 g/mol. The van der Waals surface area contributed by atoms with Crippen molar-refractivity contribution < 1.29 is 9.59 Å². The Morgan fingerprint density at radius 1 is 1.09 bits per heavy atom. The molecule has 2 aliphatic heterocycles. The molecule has 1 aromatic carbocycles. The van der Waals surface area contributed by atoms with E-state index in [1.165, 1.54) is 10.5 Å². The molecule has 22 heavy (non-hydrogen) atoms. The molecule has 0 aliphatic carbocycles. The van der Waals surface area contributed by atoms with Crippen molar-refractivity contribution in [2.24, 2.45) is 11.8 Å². The van der Waals surface area contributed by atoms with Crippen LogP contribution in [0.5, 0.6) is 0 Å². The number of piperidine rings is 1. The fourth-order valence-corrected chi connectivity index (χ4v) is 3.48. The summed E-state index contributed by atoms with van der Waals surface area (Å²) in [5, 5.41) is 0. The van der Waals surface area contributed by atoms with E-state index < -0.39 is 0 Å². The van der Waals surface area contributed by atoms with Gasteiger partial charge >= 0.3 is 0 Å². The molecule has 2 heterocycles. The Balaban J connectivity index is 1.48. The zero-order valence-corrected chi connectivity index (χ0v) is 13.2. The number of amides is 2. The van der Waals surface area contributed by atoms with Gasteiger partial charge in [0.15, 0.2) is 0 Å². The molecule has 3 rings (SSSR count). The van der Waals surface area contributed by atoms with Crippen LogP contribution < -0.4 is 0 Å². The standard InChI is InChI=1S/C18H24N2O2/c1-14-11-17(21)20(18(14)22)13-19-9-7-16(8-10-19)12-15-5-3-2-4-6-15/h2-6,14,16H,7-13H2,1H3. The molecule has 0 radical (unpaired) electrons. The van der Waals surface area contributed by atoms with Crippen molar-refractivity contribution in [2.45, 2.75) is 32.6 Å². The summed E-state index contributed by atoms with van der Waals surface area (Å²) in [4.78, 5) is 27.5. The quantitative estimate of drug-likeness (QED) is 0.801. The van der Waals surface area contributed by atoms with Gasteiger partial charge in [0.25, 0.3) is 0 Å². The van der Waals surface area contributed by atoms with Crippen molar-refractivity contribution in [3.8, 4) is 0 Å². The molecule has 1 atom stereocenters. The lowest BCUT2D eigenvalue weighted by Gasteiger charge is -2.34. The molecule has 1 aromatic rings. The molecule has 0 N–H and O–H groups in total. The van der Waals surface area contributed by atoms with Crippen LogP contribution >= 0.6 is 0 Å². The number of likely N-dealkylation sites (tertiary alicyclic amines) is 2. The van der Waals surface area contributed by atoms with E-state index in [9.17, 15) is 9.59 Å². The van der Waals surface area contributed by atoms with Gasteiger partial charge in [-0.3, -0.25) is 19.4 Å². The highest BCUT2D eigenvalue weighted by molar-refractivity contribution is 6.03. The van der Waals surface area contributed by atoms with E-state index in [2.05, 4.69) is 35.2 Å². The Bertz CT molecular complexity index is 535.